The van der Waals surface area contributed by atoms with E-state index in [0.717, 1.165) is 22.2 Å². The van der Waals surface area contributed by atoms with Gasteiger partial charge in [-0.1, -0.05) is 28.0 Å². The lowest BCUT2D eigenvalue weighted by atomic mass is 9.93. The topological polar surface area (TPSA) is 52.9 Å². The van der Waals surface area contributed by atoms with Gasteiger partial charge in [-0.05, 0) is 37.1 Å². The minimum atomic E-state index is 0.0519. The summed E-state index contributed by atoms with van der Waals surface area (Å²) in [7, 11) is 0. The Labute approximate surface area is 127 Å². The molecule has 1 atom stereocenters. The summed E-state index contributed by atoms with van der Waals surface area (Å²) in [5, 5.41) is 12.3. The molecule has 1 aliphatic rings. The van der Waals surface area contributed by atoms with Gasteiger partial charge in [0.25, 0.3) is 5.91 Å². The van der Waals surface area contributed by atoms with E-state index in [1.165, 1.54) is 0 Å². The van der Waals surface area contributed by atoms with Crippen molar-refractivity contribution < 1.29 is 10.0 Å². The van der Waals surface area contributed by atoms with E-state index >= 15 is 0 Å². The Balaban J connectivity index is 2.15. The van der Waals surface area contributed by atoms with Gasteiger partial charge >= 0.3 is 0 Å². The maximum atomic E-state index is 12.5. The number of aryl methyl sites for hydroxylation is 1. The number of amides is 1. The Morgan fingerprint density at radius 3 is 2.90 bits per heavy atom. The summed E-state index contributed by atoms with van der Waals surface area (Å²) >= 11 is 3.44. The Hall–Kier alpha value is -1.36. The van der Waals surface area contributed by atoms with Crippen molar-refractivity contribution in [1.29, 1.82) is 0 Å². The summed E-state index contributed by atoms with van der Waals surface area (Å²) in [5.41, 5.74) is 2.57. The first-order valence-corrected chi connectivity index (χ1v) is 7.62. The van der Waals surface area contributed by atoms with E-state index in [2.05, 4.69) is 21.1 Å². The van der Waals surface area contributed by atoms with Crippen LogP contribution < -0.4 is 0 Å². The van der Waals surface area contributed by atoms with Crippen LogP contribution in [0.5, 0.6) is 0 Å². The largest absolute Gasteiger partial charge is 0.411 e. The fourth-order valence-electron chi connectivity index (χ4n) is 2.56. The highest BCUT2D eigenvalue weighted by atomic mass is 79.9. The third kappa shape index (κ3) is 3.03. The van der Waals surface area contributed by atoms with Crippen LogP contribution in [0.1, 0.15) is 35.7 Å². The number of hydrogen-bond donors (Lipinski definition) is 1. The highest BCUT2D eigenvalue weighted by molar-refractivity contribution is 9.10. The average Bonchev–Trinajstić information content (AvgIpc) is 2.48. The number of piperidine rings is 1. The quantitative estimate of drug-likeness (QED) is 0.663. The molecule has 1 unspecified atom stereocenters. The molecule has 1 aromatic carbocycles. The molecule has 1 saturated heterocycles. The molecule has 108 valence electrons. The van der Waals surface area contributed by atoms with Crippen LogP contribution in [0.3, 0.4) is 0 Å². The van der Waals surface area contributed by atoms with Crippen molar-refractivity contribution in [3.8, 4) is 0 Å². The molecule has 1 amide bonds. The van der Waals surface area contributed by atoms with Gasteiger partial charge in [0.15, 0.2) is 0 Å². The summed E-state index contributed by atoms with van der Waals surface area (Å²) < 4.78 is 1.01. The molecule has 1 heterocycles. The average molecular weight is 339 g/mol. The van der Waals surface area contributed by atoms with Crippen molar-refractivity contribution in [3.05, 3.63) is 33.8 Å². The van der Waals surface area contributed by atoms with Gasteiger partial charge < -0.3 is 10.1 Å². The minimum Gasteiger partial charge on any atom is -0.411 e. The van der Waals surface area contributed by atoms with Gasteiger partial charge in [-0.3, -0.25) is 4.79 Å². The van der Waals surface area contributed by atoms with Crippen molar-refractivity contribution in [1.82, 2.24) is 4.90 Å². The number of carbonyl (C=O) groups excluding carboxylic acids is 1. The second kappa shape index (κ2) is 6.39. The van der Waals surface area contributed by atoms with Crippen LogP contribution in [-0.4, -0.2) is 34.8 Å². The first-order chi connectivity index (χ1) is 9.56. The molecular weight excluding hydrogens is 320 g/mol. The summed E-state index contributed by atoms with van der Waals surface area (Å²) in [5.74, 6) is 0.213. The lowest BCUT2D eigenvalue weighted by Crippen LogP contribution is -2.44. The van der Waals surface area contributed by atoms with Crippen LogP contribution in [0.2, 0.25) is 0 Å². The zero-order chi connectivity index (χ0) is 14.7. The van der Waals surface area contributed by atoms with Gasteiger partial charge in [-0.2, -0.15) is 0 Å². The normalized spacial score (nSPS) is 21.2. The van der Waals surface area contributed by atoms with Crippen molar-refractivity contribution in [2.75, 3.05) is 13.1 Å². The van der Waals surface area contributed by atoms with Gasteiger partial charge in [-0.25, -0.2) is 0 Å². The molecule has 0 saturated carbocycles. The molecule has 4 nitrogen and oxygen atoms in total. The first-order valence-electron chi connectivity index (χ1n) is 6.83. The van der Waals surface area contributed by atoms with Gasteiger partial charge in [-0.15, -0.1) is 0 Å². The molecule has 0 aliphatic carbocycles. The van der Waals surface area contributed by atoms with Gasteiger partial charge in [0.05, 0.1) is 5.71 Å². The number of likely N-dealkylation sites (tertiary alicyclic amines) is 1. The maximum Gasteiger partial charge on any atom is 0.253 e. The van der Waals surface area contributed by atoms with Crippen LogP contribution in [0, 0.1) is 12.8 Å². The zero-order valence-electron chi connectivity index (χ0n) is 11.8. The summed E-state index contributed by atoms with van der Waals surface area (Å²) in [6.07, 6.45) is 1.53. The zero-order valence-corrected chi connectivity index (χ0v) is 13.4. The molecular formula is C15H19BrN2O2. The molecule has 20 heavy (non-hydrogen) atoms. The fraction of sp³-hybridized carbons (Fsp3) is 0.467. The number of hydrogen-bond acceptors (Lipinski definition) is 3. The minimum absolute atomic E-state index is 0.0519. The Morgan fingerprint density at radius 1 is 1.55 bits per heavy atom. The monoisotopic (exact) mass is 338 g/mol. The highest BCUT2D eigenvalue weighted by Gasteiger charge is 2.28. The van der Waals surface area contributed by atoms with Crippen LogP contribution in [0.4, 0.5) is 0 Å². The van der Waals surface area contributed by atoms with E-state index in [4.69, 9.17) is 5.21 Å². The third-order valence-corrected chi connectivity index (χ3v) is 4.75. The lowest BCUT2D eigenvalue weighted by molar-refractivity contribution is 0.0729. The lowest BCUT2D eigenvalue weighted by Gasteiger charge is -2.33. The molecule has 0 radical (unpaired) electrons. The standard InChI is InChI=1S/C15H19BrN2O2/c1-3-11-9-18(7-6-14(11)17-20)15(19)12-4-5-13(16)10(2)8-12/h4-5,8,11,20H,3,6-7,9H2,1-2H3/b17-14+. The first kappa shape index (κ1) is 15.0. The van der Waals surface area contributed by atoms with E-state index in [-0.39, 0.29) is 11.8 Å². The summed E-state index contributed by atoms with van der Waals surface area (Å²) in [6, 6.07) is 5.66. The van der Waals surface area contributed by atoms with E-state index < -0.39 is 0 Å². The van der Waals surface area contributed by atoms with Crippen molar-refractivity contribution in [2.45, 2.75) is 26.7 Å². The van der Waals surface area contributed by atoms with Gasteiger partial charge in [0.1, 0.15) is 0 Å². The molecule has 1 aromatic rings. The Kier molecular flexibility index (Phi) is 4.81. The van der Waals surface area contributed by atoms with Crippen LogP contribution >= 0.6 is 15.9 Å². The van der Waals surface area contributed by atoms with Gasteiger partial charge in [0, 0.05) is 35.5 Å². The molecule has 5 heteroatoms. The number of halogens is 1. The second-order valence-electron chi connectivity index (χ2n) is 5.16. The molecule has 2 rings (SSSR count). The van der Waals surface area contributed by atoms with Crippen LogP contribution in [0.15, 0.2) is 27.8 Å². The molecule has 0 aromatic heterocycles. The third-order valence-electron chi connectivity index (χ3n) is 3.86. The second-order valence-corrected chi connectivity index (χ2v) is 6.02. The van der Waals surface area contributed by atoms with Crippen molar-refractivity contribution in [3.63, 3.8) is 0 Å². The van der Waals surface area contributed by atoms with Crippen LogP contribution in [0.25, 0.3) is 0 Å². The molecule has 1 N–H and O–H groups in total. The number of nitrogens with zero attached hydrogens (tertiary/aromatic N) is 2. The predicted molar refractivity (Wildman–Crippen MR) is 82.4 cm³/mol. The number of carbonyl (C=O) groups is 1. The Bertz CT molecular complexity index is 543. The SMILES string of the molecule is CCC1CN(C(=O)c2ccc(Br)c(C)c2)CC/C1=N\O. The molecule has 1 fully saturated rings. The smallest absolute Gasteiger partial charge is 0.253 e. The van der Waals surface area contributed by atoms with Gasteiger partial charge in [0.2, 0.25) is 0 Å². The molecule has 0 spiro atoms. The van der Waals surface area contributed by atoms with Crippen molar-refractivity contribution in [2.24, 2.45) is 11.1 Å². The summed E-state index contributed by atoms with van der Waals surface area (Å²) in [4.78, 5) is 14.4. The predicted octanol–water partition coefficient (Wildman–Crippen LogP) is 3.46. The summed E-state index contributed by atoms with van der Waals surface area (Å²) in [6.45, 7) is 5.27. The van der Waals surface area contributed by atoms with Crippen LogP contribution in [-0.2, 0) is 0 Å². The van der Waals surface area contributed by atoms with E-state index in [0.29, 0.717) is 25.1 Å². The number of benzene rings is 1. The molecule has 0 bridgehead atoms. The number of oxime groups is 1. The van der Waals surface area contributed by atoms with E-state index in [1.807, 2.05) is 36.9 Å². The van der Waals surface area contributed by atoms with E-state index in [9.17, 15) is 4.79 Å². The number of rotatable bonds is 2. The highest BCUT2D eigenvalue weighted by Crippen LogP contribution is 2.22. The maximum absolute atomic E-state index is 12.5. The molecule has 1 aliphatic heterocycles. The van der Waals surface area contributed by atoms with Crippen molar-refractivity contribution >= 4 is 27.5 Å². The fourth-order valence-corrected chi connectivity index (χ4v) is 2.80. The Morgan fingerprint density at radius 2 is 2.30 bits per heavy atom. The van der Waals surface area contributed by atoms with E-state index in [1.54, 1.807) is 0 Å².